The van der Waals surface area contributed by atoms with E-state index in [0.717, 1.165) is 22.8 Å². The Kier molecular flexibility index (Phi) is 5.19. The highest BCUT2D eigenvalue weighted by molar-refractivity contribution is 6.31. The van der Waals surface area contributed by atoms with E-state index in [-0.39, 0.29) is 10.6 Å². The Morgan fingerprint density at radius 1 is 1.33 bits per heavy atom. The van der Waals surface area contributed by atoms with E-state index in [1.165, 1.54) is 0 Å². The van der Waals surface area contributed by atoms with Gasteiger partial charge < -0.3 is 0 Å². The fourth-order valence-electron chi connectivity index (χ4n) is 1.90. The van der Waals surface area contributed by atoms with Crippen molar-refractivity contribution in [1.82, 2.24) is 0 Å². The average Bonchev–Trinajstić information content (AvgIpc) is 2.42. The standard InChI is InChI=1S/C14H10ClF.C2H6/c1-3-9-6-5-7-10-8-12(15)14(16)11(4-2)13(9)10;1-2/h2,5-8H,3H2,1H3;1-2H3. The zero-order chi connectivity index (χ0) is 13.7. The van der Waals surface area contributed by atoms with Crippen LogP contribution in [0.4, 0.5) is 4.39 Å². The van der Waals surface area contributed by atoms with Gasteiger partial charge in [-0.25, -0.2) is 4.39 Å². The largest absolute Gasteiger partial charge is 0.204 e. The van der Waals surface area contributed by atoms with E-state index in [0.29, 0.717) is 0 Å². The molecule has 0 heterocycles. The molecule has 0 radical (unpaired) electrons. The number of terminal acetylenes is 1. The summed E-state index contributed by atoms with van der Waals surface area (Å²) < 4.78 is 13.8. The summed E-state index contributed by atoms with van der Waals surface area (Å²) in [6.07, 6.45) is 6.17. The van der Waals surface area contributed by atoms with Gasteiger partial charge in [0, 0.05) is 5.39 Å². The van der Waals surface area contributed by atoms with Crippen molar-refractivity contribution < 1.29 is 4.39 Å². The highest BCUT2D eigenvalue weighted by atomic mass is 35.5. The van der Waals surface area contributed by atoms with Crippen LogP contribution in [0, 0.1) is 18.2 Å². The second-order valence-corrected chi connectivity index (χ2v) is 3.97. The average molecular weight is 263 g/mol. The van der Waals surface area contributed by atoms with Gasteiger partial charge in [0.25, 0.3) is 0 Å². The zero-order valence-corrected chi connectivity index (χ0v) is 11.6. The Morgan fingerprint density at radius 2 is 2.00 bits per heavy atom. The van der Waals surface area contributed by atoms with Crippen molar-refractivity contribution in [2.24, 2.45) is 0 Å². The van der Waals surface area contributed by atoms with Crippen molar-refractivity contribution >= 4 is 22.4 Å². The highest BCUT2D eigenvalue weighted by Gasteiger charge is 2.12. The Bertz CT molecular complexity index is 594. The maximum Gasteiger partial charge on any atom is 0.158 e. The molecule has 0 saturated heterocycles. The summed E-state index contributed by atoms with van der Waals surface area (Å²) in [5, 5.41) is 1.77. The summed E-state index contributed by atoms with van der Waals surface area (Å²) in [5.41, 5.74) is 1.31. The molecule has 0 N–H and O–H groups in total. The van der Waals surface area contributed by atoms with E-state index >= 15 is 0 Å². The lowest BCUT2D eigenvalue weighted by atomic mass is 9.97. The molecular weight excluding hydrogens is 247 g/mol. The quantitative estimate of drug-likeness (QED) is 0.620. The molecular formula is C16H16ClF. The first kappa shape index (κ1) is 14.5. The molecule has 2 aromatic rings. The number of hydrogen-bond donors (Lipinski definition) is 0. The van der Waals surface area contributed by atoms with Gasteiger partial charge in [0.1, 0.15) is 0 Å². The molecule has 0 aliphatic rings. The Hall–Kier alpha value is -1.52. The van der Waals surface area contributed by atoms with Crippen molar-refractivity contribution in [2.45, 2.75) is 27.2 Å². The van der Waals surface area contributed by atoms with Gasteiger partial charge in [-0.1, -0.05) is 56.5 Å². The molecule has 0 aromatic heterocycles. The van der Waals surface area contributed by atoms with Crippen molar-refractivity contribution in [3.05, 3.63) is 46.2 Å². The van der Waals surface area contributed by atoms with Crippen LogP contribution in [0.1, 0.15) is 31.9 Å². The normalized spacial score (nSPS) is 9.56. The number of rotatable bonds is 1. The van der Waals surface area contributed by atoms with Crippen LogP contribution in [0.5, 0.6) is 0 Å². The molecule has 0 bridgehead atoms. The molecule has 18 heavy (non-hydrogen) atoms. The van der Waals surface area contributed by atoms with Crippen LogP contribution in [0.2, 0.25) is 5.02 Å². The Morgan fingerprint density at radius 3 is 2.56 bits per heavy atom. The smallest absolute Gasteiger partial charge is 0.158 e. The maximum absolute atomic E-state index is 13.8. The lowest BCUT2D eigenvalue weighted by Crippen LogP contribution is -1.92. The van der Waals surface area contributed by atoms with Gasteiger partial charge in [-0.05, 0) is 23.4 Å². The summed E-state index contributed by atoms with van der Waals surface area (Å²) >= 11 is 5.80. The van der Waals surface area contributed by atoms with Crippen LogP contribution in [-0.2, 0) is 6.42 Å². The van der Waals surface area contributed by atoms with Crippen molar-refractivity contribution in [1.29, 1.82) is 0 Å². The van der Waals surface area contributed by atoms with E-state index in [1.807, 2.05) is 39.0 Å². The minimum absolute atomic E-state index is 0.0775. The van der Waals surface area contributed by atoms with Gasteiger partial charge >= 0.3 is 0 Å². The molecule has 0 aliphatic carbocycles. The van der Waals surface area contributed by atoms with Crippen molar-refractivity contribution in [2.75, 3.05) is 0 Å². The maximum atomic E-state index is 13.8. The van der Waals surface area contributed by atoms with Gasteiger partial charge in [-0.15, -0.1) is 6.42 Å². The van der Waals surface area contributed by atoms with E-state index in [2.05, 4.69) is 5.92 Å². The second kappa shape index (κ2) is 6.42. The third-order valence-electron chi connectivity index (χ3n) is 2.67. The van der Waals surface area contributed by atoms with E-state index in [9.17, 15) is 4.39 Å². The molecule has 0 spiro atoms. The summed E-state index contributed by atoms with van der Waals surface area (Å²) in [5.74, 6) is 1.89. The Balaban J connectivity index is 0.000000771. The predicted octanol–water partition coefficient (Wildman–Crippen LogP) is 5.20. The fourth-order valence-corrected chi connectivity index (χ4v) is 2.12. The number of hydrogen-bond acceptors (Lipinski definition) is 0. The van der Waals surface area contributed by atoms with Gasteiger partial charge in [0.05, 0.1) is 10.6 Å². The lowest BCUT2D eigenvalue weighted by Gasteiger charge is -2.09. The third-order valence-corrected chi connectivity index (χ3v) is 2.94. The molecule has 0 amide bonds. The molecule has 0 fully saturated rings. The first-order valence-corrected chi connectivity index (χ1v) is 6.43. The summed E-state index contributed by atoms with van der Waals surface area (Å²) in [4.78, 5) is 0. The van der Waals surface area contributed by atoms with E-state index < -0.39 is 5.82 Å². The molecule has 94 valence electrons. The number of benzene rings is 2. The van der Waals surface area contributed by atoms with Crippen LogP contribution in [0.25, 0.3) is 10.8 Å². The van der Waals surface area contributed by atoms with Crippen LogP contribution in [0.3, 0.4) is 0 Å². The SMILES string of the molecule is C#Cc1c(F)c(Cl)cc2cccc(CC)c12.CC. The first-order valence-electron chi connectivity index (χ1n) is 6.05. The van der Waals surface area contributed by atoms with Crippen LogP contribution >= 0.6 is 11.6 Å². The van der Waals surface area contributed by atoms with Gasteiger partial charge in [-0.2, -0.15) is 0 Å². The van der Waals surface area contributed by atoms with Crippen LogP contribution < -0.4 is 0 Å². The van der Waals surface area contributed by atoms with Gasteiger partial charge in [0.15, 0.2) is 5.82 Å². The van der Waals surface area contributed by atoms with Crippen LogP contribution in [-0.4, -0.2) is 0 Å². The van der Waals surface area contributed by atoms with Gasteiger partial charge in [-0.3, -0.25) is 0 Å². The van der Waals surface area contributed by atoms with Crippen molar-refractivity contribution in [3.63, 3.8) is 0 Å². The van der Waals surface area contributed by atoms with Crippen LogP contribution in [0.15, 0.2) is 24.3 Å². The number of halogens is 2. The predicted molar refractivity (Wildman–Crippen MR) is 77.6 cm³/mol. The molecule has 0 aliphatic heterocycles. The molecule has 0 unspecified atom stereocenters. The summed E-state index contributed by atoms with van der Waals surface area (Å²) in [6.45, 7) is 6.02. The van der Waals surface area contributed by atoms with Crippen molar-refractivity contribution in [3.8, 4) is 12.3 Å². The first-order chi connectivity index (χ1) is 8.69. The minimum atomic E-state index is -0.502. The molecule has 0 atom stereocenters. The topological polar surface area (TPSA) is 0 Å². The van der Waals surface area contributed by atoms with E-state index in [1.54, 1.807) is 6.07 Å². The number of aryl methyl sites for hydroxylation is 1. The zero-order valence-electron chi connectivity index (χ0n) is 10.8. The molecule has 2 heteroatoms. The molecule has 2 aromatic carbocycles. The number of fused-ring (bicyclic) bond motifs is 1. The minimum Gasteiger partial charge on any atom is -0.204 e. The second-order valence-electron chi connectivity index (χ2n) is 3.56. The fraction of sp³-hybridized carbons (Fsp3) is 0.250. The Labute approximate surface area is 113 Å². The monoisotopic (exact) mass is 262 g/mol. The molecule has 0 saturated carbocycles. The third kappa shape index (κ3) is 2.49. The molecule has 2 rings (SSSR count). The lowest BCUT2D eigenvalue weighted by molar-refractivity contribution is 0.627. The molecule has 0 nitrogen and oxygen atoms in total. The van der Waals surface area contributed by atoms with Gasteiger partial charge in [0.2, 0.25) is 0 Å². The highest BCUT2D eigenvalue weighted by Crippen LogP contribution is 2.30. The summed E-state index contributed by atoms with van der Waals surface area (Å²) in [6, 6.07) is 7.39. The van der Waals surface area contributed by atoms with E-state index in [4.69, 9.17) is 18.0 Å². The summed E-state index contributed by atoms with van der Waals surface area (Å²) in [7, 11) is 0.